The number of Topliss-reactive ketones (excluding diaryl/α,β-unsaturated/α-hetero) is 1. The predicted octanol–water partition coefficient (Wildman–Crippen LogP) is 1.40. The number of rotatable bonds is 1. The van der Waals surface area contributed by atoms with Gasteiger partial charge in [0.1, 0.15) is 0 Å². The fraction of sp³-hybridized carbons (Fsp3) is 0.667. The molecule has 2 heterocycles. The van der Waals surface area contributed by atoms with E-state index in [0.717, 1.165) is 6.42 Å². The fourth-order valence-corrected chi connectivity index (χ4v) is 4.02. The summed E-state index contributed by atoms with van der Waals surface area (Å²) in [6, 6.07) is 0. The van der Waals surface area contributed by atoms with Crippen LogP contribution in [0, 0.1) is 17.3 Å². The van der Waals surface area contributed by atoms with E-state index in [0.29, 0.717) is 6.42 Å². The molecule has 0 N–H and O–H groups in total. The Hall–Kier alpha value is -1.65. The second kappa shape index (κ2) is 3.93. The summed E-state index contributed by atoms with van der Waals surface area (Å²) in [4.78, 5) is 36.0. The van der Waals surface area contributed by atoms with Gasteiger partial charge in [-0.3, -0.25) is 9.59 Å². The number of carbonyl (C=O) groups is 3. The van der Waals surface area contributed by atoms with Crippen LogP contribution in [0.5, 0.6) is 0 Å². The molecule has 2 fully saturated rings. The lowest BCUT2D eigenvalue weighted by Crippen LogP contribution is -2.67. The normalized spacial score (nSPS) is 46.2. The molecule has 0 radical (unpaired) electrons. The van der Waals surface area contributed by atoms with E-state index in [1.165, 1.54) is 13.0 Å². The minimum Gasteiger partial charge on any atom is -0.457 e. The zero-order chi connectivity index (χ0) is 14.7. The second-order valence-electron chi connectivity index (χ2n) is 6.31. The Morgan fingerprint density at radius 3 is 2.75 bits per heavy atom. The van der Waals surface area contributed by atoms with Crippen molar-refractivity contribution in [1.29, 1.82) is 0 Å². The Kier molecular flexibility index (Phi) is 2.62. The molecular weight excluding hydrogens is 260 g/mol. The van der Waals surface area contributed by atoms with Crippen LogP contribution < -0.4 is 0 Å². The third-order valence-electron chi connectivity index (χ3n) is 5.26. The first-order chi connectivity index (χ1) is 9.32. The SMILES string of the molecule is CC(=O)[C@]12OC(=O)C=C[C@]1(C)CC[C@H]1[C@H](C)C(=O)O[C@@H]12. The molecule has 108 valence electrons. The van der Waals surface area contributed by atoms with Gasteiger partial charge in [-0.15, -0.1) is 0 Å². The molecule has 3 aliphatic rings. The summed E-state index contributed by atoms with van der Waals surface area (Å²) in [5.74, 6) is -1.44. The highest BCUT2D eigenvalue weighted by atomic mass is 16.6. The summed E-state index contributed by atoms with van der Waals surface area (Å²) < 4.78 is 11.0. The van der Waals surface area contributed by atoms with Crippen molar-refractivity contribution in [2.24, 2.45) is 17.3 Å². The number of fused-ring (bicyclic) bond motifs is 3. The van der Waals surface area contributed by atoms with E-state index >= 15 is 0 Å². The van der Waals surface area contributed by atoms with Gasteiger partial charge in [0.05, 0.1) is 5.92 Å². The predicted molar refractivity (Wildman–Crippen MR) is 68.5 cm³/mol. The average Bonchev–Trinajstić information content (AvgIpc) is 2.67. The number of ketones is 1. The highest BCUT2D eigenvalue weighted by Crippen LogP contribution is 2.56. The molecule has 0 aromatic heterocycles. The van der Waals surface area contributed by atoms with Crippen LogP contribution in [0.15, 0.2) is 12.2 Å². The molecule has 5 atom stereocenters. The largest absolute Gasteiger partial charge is 0.457 e. The second-order valence-corrected chi connectivity index (χ2v) is 6.31. The lowest BCUT2D eigenvalue weighted by molar-refractivity contribution is -0.212. The van der Waals surface area contributed by atoms with Gasteiger partial charge in [0.2, 0.25) is 5.60 Å². The van der Waals surface area contributed by atoms with E-state index in [-0.39, 0.29) is 23.6 Å². The van der Waals surface area contributed by atoms with Gasteiger partial charge in [0, 0.05) is 17.4 Å². The van der Waals surface area contributed by atoms with Crippen molar-refractivity contribution in [3.05, 3.63) is 12.2 Å². The van der Waals surface area contributed by atoms with Crippen molar-refractivity contribution >= 4 is 17.7 Å². The maximum Gasteiger partial charge on any atom is 0.331 e. The Bertz CT molecular complexity index is 536. The van der Waals surface area contributed by atoms with Gasteiger partial charge in [-0.05, 0) is 19.8 Å². The Labute approximate surface area is 117 Å². The van der Waals surface area contributed by atoms with E-state index < -0.39 is 23.1 Å². The Balaban J connectivity index is 2.16. The molecule has 0 aromatic rings. The number of carbonyl (C=O) groups excluding carboxylic acids is 3. The molecular formula is C15H18O5. The minimum atomic E-state index is -1.37. The van der Waals surface area contributed by atoms with Crippen LogP contribution in [0.3, 0.4) is 0 Å². The maximum absolute atomic E-state index is 12.4. The lowest BCUT2D eigenvalue weighted by Gasteiger charge is -2.53. The lowest BCUT2D eigenvalue weighted by atomic mass is 9.56. The first-order valence-corrected chi connectivity index (χ1v) is 6.95. The van der Waals surface area contributed by atoms with Crippen molar-refractivity contribution in [2.45, 2.75) is 45.3 Å². The standard InChI is InChI=1S/C15H18O5/c1-8-10-4-6-14(3)7-5-11(17)20-15(14,9(2)16)12(10)19-13(8)18/h5,7-8,10,12H,4,6H2,1-3H3/t8-,10-,12-,14-,15+/m0/s1. The molecule has 0 aromatic carbocycles. The van der Waals surface area contributed by atoms with Crippen LogP contribution in [0.2, 0.25) is 0 Å². The van der Waals surface area contributed by atoms with E-state index in [4.69, 9.17) is 9.47 Å². The van der Waals surface area contributed by atoms with Gasteiger partial charge in [-0.1, -0.05) is 19.9 Å². The van der Waals surface area contributed by atoms with Crippen LogP contribution in [-0.4, -0.2) is 29.4 Å². The molecule has 0 bridgehead atoms. The van der Waals surface area contributed by atoms with Gasteiger partial charge < -0.3 is 9.47 Å². The molecule has 3 rings (SSSR count). The zero-order valence-corrected chi connectivity index (χ0v) is 11.8. The first kappa shape index (κ1) is 13.3. The van der Waals surface area contributed by atoms with E-state index in [1.54, 1.807) is 6.08 Å². The maximum atomic E-state index is 12.4. The summed E-state index contributed by atoms with van der Waals surface area (Å²) >= 11 is 0. The molecule has 5 nitrogen and oxygen atoms in total. The quantitative estimate of drug-likeness (QED) is 0.678. The highest BCUT2D eigenvalue weighted by Gasteiger charge is 2.69. The molecule has 0 spiro atoms. The van der Waals surface area contributed by atoms with Crippen molar-refractivity contribution in [3.8, 4) is 0 Å². The third kappa shape index (κ3) is 1.41. The molecule has 0 amide bonds. The van der Waals surface area contributed by atoms with Gasteiger partial charge in [0.25, 0.3) is 0 Å². The average molecular weight is 278 g/mol. The molecule has 1 saturated carbocycles. The van der Waals surface area contributed by atoms with E-state index in [9.17, 15) is 14.4 Å². The topological polar surface area (TPSA) is 69.7 Å². The number of ether oxygens (including phenoxy) is 2. The van der Waals surface area contributed by atoms with E-state index in [2.05, 4.69) is 0 Å². The fourth-order valence-electron chi connectivity index (χ4n) is 4.02. The highest BCUT2D eigenvalue weighted by molar-refractivity contribution is 5.95. The van der Waals surface area contributed by atoms with Crippen molar-refractivity contribution in [2.75, 3.05) is 0 Å². The summed E-state index contributed by atoms with van der Waals surface area (Å²) in [5, 5.41) is 0. The van der Waals surface area contributed by atoms with Crippen LogP contribution in [0.4, 0.5) is 0 Å². The molecule has 20 heavy (non-hydrogen) atoms. The summed E-state index contributed by atoms with van der Waals surface area (Å²) in [7, 11) is 0. The molecule has 5 heteroatoms. The minimum absolute atomic E-state index is 0.0706. The van der Waals surface area contributed by atoms with Crippen molar-refractivity contribution in [1.82, 2.24) is 0 Å². The summed E-state index contributed by atoms with van der Waals surface area (Å²) in [6.45, 7) is 5.11. The number of esters is 2. The molecule has 0 unspecified atom stereocenters. The molecule has 1 saturated heterocycles. The monoisotopic (exact) mass is 278 g/mol. The van der Waals surface area contributed by atoms with E-state index in [1.807, 2.05) is 13.8 Å². The molecule has 1 aliphatic carbocycles. The molecule has 2 aliphatic heterocycles. The zero-order valence-electron chi connectivity index (χ0n) is 11.8. The summed E-state index contributed by atoms with van der Waals surface area (Å²) in [6.07, 6.45) is 3.91. The number of hydrogen-bond acceptors (Lipinski definition) is 5. The van der Waals surface area contributed by atoms with Gasteiger partial charge in [-0.25, -0.2) is 4.79 Å². The number of hydrogen-bond donors (Lipinski definition) is 0. The first-order valence-electron chi connectivity index (χ1n) is 6.95. The van der Waals surface area contributed by atoms with Crippen molar-refractivity contribution in [3.63, 3.8) is 0 Å². The van der Waals surface area contributed by atoms with Crippen LogP contribution in [-0.2, 0) is 23.9 Å². The van der Waals surface area contributed by atoms with Crippen LogP contribution >= 0.6 is 0 Å². The van der Waals surface area contributed by atoms with Gasteiger partial charge in [0.15, 0.2) is 11.9 Å². The van der Waals surface area contributed by atoms with Gasteiger partial charge >= 0.3 is 11.9 Å². The van der Waals surface area contributed by atoms with Gasteiger partial charge in [-0.2, -0.15) is 0 Å². The smallest absolute Gasteiger partial charge is 0.331 e. The van der Waals surface area contributed by atoms with Crippen molar-refractivity contribution < 1.29 is 23.9 Å². The third-order valence-corrected chi connectivity index (χ3v) is 5.26. The van der Waals surface area contributed by atoms with Crippen LogP contribution in [0.1, 0.15) is 33.6 Å². The Morgan fingerprint density at radius 1 is 1.40 bits per heavy atom. The summed E-state index contributed by atoms with van der Waals surface area (Å²) in [5.41, 5.74) is -1.99. The Morgan fingerprint density at radius 2 is 2.10 bits per heavy atom. The van der Waals surface area contributed by atoms with Crippen LogP contribution in [0.25, 0.3) is 0 Å².